The standard InChI is InChI=1S/C18H13ClF2N2O3S2/c19-12-5-2-6-13(15(12)28-17(20)21)22-16(25)11-4-1-3-10(7-11)8-23-14(24)9-27-18(23)26/h1-7,17H,8-9H2,(H,22,25). The summed E-state index contributed by atoms with van der Waals surface area (Å²) in [6, 6.07) is 10.9. The molecule has 5 nitrogen and oxygen atoms in total. The van der Waals surface area contributed by atoms with Crippen molar-refractivity contribution in [3.8, 4) is 0 Å². The Labute approximate surface area is 172 Å². The summed E-state index contributed by atoms with van der Waals surface area (Å²) in [5.41, 5.74) is 1.04. The maximum absolute atomic E-state index is 12.8. The molecule has 0 aromatic heterocycles. The van der Waals surface area contributed by atoms with Crippen LogP contribution >= 0.6 is 35.1 Å². The number of amides is 3. The van der Waals surface area contributed by atoms with Gasteiger partial charge in [0.05, 0.1) is 27.9 Å². The Morgan fingerprint density at radius 2 is 2.00 bits per heavy atom. The summed E-state index contributed by atoms with van der Waals surface area (Å²) >= 11 is 7.16. The number of alkyl halides is 2. The Morgan fingerprint density at radius 1 is 1.25 bits per heavy atom. The zero-order valence-corrected chi connectivity index (χ0v) is 16.5. The average molecular weight is 443 g/mol. The molecule has 0 saturated carbocycles. The molecule has 1 aliphatic heterocycles. The molecule has 0 bridgehead atoms. The largest absolute Gasteiger partial charge is 0.321 e. The third-order valence-corrected chi connectivity index (χ3v) is 5.93. The van der Waals surface area contributed by atoms with Gasteiger partial charge in [-0.2, -0.15) is 8.78 Å². The number of nitrogens with one attached hydrogen (secondary N) is 1. The number of halogens is 3. The number of rotatable bonds is 6. The number of imide groups is 1. The van der Waals surface area contributed by atoms with Crippen molar-refractivity contribution in [1.29, 1.82) is 0 Å². The van der Waals surface area contributed by atoms with E-state index in [4.69, 9.17) is 11.6 Å². The van der Waals surface area contributed by atoms with Gasteiger partial charge in [0.2, 0.25) is 5.91 Å². The first-order valence-corrected chi connectivity index (χ1v) is 10.2. The Balaban J connectivity index is 1.78. The molecule has 1 aliphatic rings. The Bertz CT molecular complexity index is 927. The first-order chi connectivity index (χ1) is 13.3. The van der Waals surface area contributed by atoms with Gasteiger partial charge in [-0.15, -0.1) is 0 Å². The molecule has 2 aromatic carbocycles. The molecule has 0 aliphatic carbocycles. The van der Waals surface area contributed by atoms with Gasteiger partial charge in [-0.05, 0) is 29.8 Å². The van der Waals surface area contributed by atoms with Crippen LogP contribution in [0.1, 0.15) is 15.9 Å². The highest BCUT2D eigenvalue weighted by molar-refractivity contribution is 8.14. The first-order valence-electron chi connectivity index (χ1n) is 7.96. The molecule has 3 amide bonds. The molecule has 1 saturated heterocycles. The molecule has 2 aromatic rings. The number of carbonyl (C=O) groups excluding carboxylic acids is 3. The quantitative estimate of drug-likeness (QED) is 0.630. The molecule has 1 fully saturated rings. The lowest BCUT2D eigenvalue weighted by Gasteiger charge is -2.14. The van der Waals surface area contributed by atoms with Gasteiger partial charge in [0.15, 0.2) is 0 Å². The maximum atomic E-state index is 12.8. The van der Waals surface area contributed by atoms with Gasteiger partial charge >= 0.3 is 0 Å². The maximum Gasteiger partial charge on any atom is 0.289 e. The van der Waals surface area contributed by atoms with Crippen molar-refractivity contribution < 1.29 is 23.2 Å². The molecule has 0 unspecified atom stereocenters. The normalized spacial score (nSPS) is 14.1. The molecular formula is C18H13ClF2N2O3S2. The first kappa shape index (κ1) is 20.6. The van der Waals surface area contributed by atoms with E-state index in [2.05, 4.69) is 5.32 Å². The predicted molar refractivity (Wildman–Crippen MR) is 106 cm³/mol. The van der Waals surface area contributed by atoms with Crippen LogP contribution in [0.25, 0.3) is 0 Å². The predicted octanol–water partition coefficient (Wildman–Crippen LogP) is 5.10. The minimum absolute atomic E-state index is 0.0649. The fraction of sp³-hybridized carbons (Fsp3) is 0.167. The van der Waals surface area contributed by atoms with Crippen LogP contribution in [0.15, 0.2) is 47.4 Å². The van der Waals surface area contributed by atoms with E-state index in [1.807, 2.05) is 0 Å². The van der Waals surface area contributed by atoms with Crippen molar-refractivity contribution >= 4 is 57.9 Å². The van der Waals surface area contributed by atoms with Crippen molar-refractivity contribution in [2.45, 2.75) is 17.2 Å². The minimum Gasteiger partial charge on any atom is -0.321 e. The summed E-state index contributed by atoms with van der Waals surface area (Å²) < 4.78 is 25.6. The minimum atomic E-state index is -2.69. The summed E-state index contributed by atoms with van der Waals surface area (Å²) in [5, 5.41) is 2.37. The molecule has 10 heteroatoms. The summed E-state index contributed by atoms with van der Waals surface area (Å²) in [6.45, 7) is 0.0649. The van der Waals surface area contributed by atoms with Crippen LogP contribution < -0.4 is 5.32 Å². The number of nitrogens with zero attached hydrogens (tertiary/aromatic N) is 1. The van der Waals surface area contributed by atoms with E-state index in [-0.39, 0.29) is 56.4 Å². The van der Waals surface area contributed by atoms with E-state index in [1.54, 1.807) is 30.3 Å². The molecule has 3 rings (SSSR count). The topological polar surface area (TPSA) is 66.5 Å². The van der Waals surface area contributed by atoms with Crippen molar-refractivity contribution in [2.75, 3.05) is 11.1 Å². The summed E-state index contributed by atoms with van der Waals surface area (Å²) in [6.07, 6.45) is 0. The lowest BCUT2D eigenvalue weighted by Crippen LogP contribution is -2.28. The smallest absolute Gasteiger partial charge is 0.289 e. The summed E-state index contributed by atoms with van der Waals surface area (Å²) in [4.78, 5) is 37.2. The van der Waals surface area contributed by atoms with Crippen molar-refractivity contribution in [2.24, 2.45) is 0 Å². The van der Waals surface area contributed by atoms with E-state index in [1.165, 1.54) is 12.1 Å². The van der Waals surface area contributed by atoms with Crippen LogP contribution in [0.4, 0.5) is 19.3 Å². The molecule has 1 heterocycles. The number of carbonyl (C=O) groups is 3. The average Bonchev–Trinajstić information content (AvgIpc) is 2.96. The number of benzene rings is 2. The third-order valence-electron chi connectivity index (χ3n) is 3.79. The van der Waals surface area contributed by atoms with E-state index in [0.717, 1.165) is 16.7 Å². The summed E-state index contributed by atoms with van der Waals surface area (Å²) in [5.74, 6) is -3.38. The van der Waals surface area contributed by atoms with Gasteiger partial charge in [0.25, 0.3) is 16.9 Å². The number of thioether (sulfide) groups is 2. The Morgan fingerprint density at radius 3 is 2.68 bits per heavy atom. The molecule has 146 valence electrons. The van der Waals surface area contributed by atoms with Crippen LogP contribution in [0.3, 0.4) is 0 Å². The lowest BCUT2D eigenvalue weighted by atomic mass is 10.1. The van der Waals surface area contributed by atoms with Crippen LogP contribution in [0.5, 0.6) is 0 Å². The van der Waals surface area contributed by atoms with Crippen LogP contribution in [0.2, 0.25) is 5.02 Å². The molecule has 28 heavy (non-hydrogen) atoms. The summed E-state index contributed by atoms with van der Waals surface area (Å²) in [7, 11) is 0. The van der Waals surface area contributed by atoms with Crippen LogP contribution in [0, 0.1) is 0 Å². The SMILES string of the molecule is O=C(Nc1cccc(Cl)c1SC(F)F)c1cccc(CN2C(=O)CSC2=O)c1. The van der Waals surface area contributed by atoms with E-state index < -0.39 is 11.7 Å². The fourth-order valence-corrected chi connectivity index (χ4v) is 4.18. The molecule has 0 radical (unpaired) electrons. The highest BCUT2D eigenvalue weighted by Gasteiger charge is 2.29. The zero-order chi connectivity index (χ0) is 20.3. The zero-order valence-electron chi connectivity index (χ0n) is 14.2. The third kappa shape index (κ3) is 4.84. The van der Waals surface area contributed by atoms with E-state index in [9.17, 15) is 23.2 Å². The van der Waals surface area contributed by atoms with Gasteiger partial charge in [-0.1, -0.05) is 53.3 Å². The van der Waals surface area contributed by atoms with Crippen LogP contribution in [-0.2, 0) is 11.3 Å². The molecular weight excluding hydrogens is 430 g/mol. The van der Waals surface area contributed by atoms with Crippen molar-refractivity contribution in [3.63, 3.8) is 0 Å². The Kier molecular flexibility index (Phi) is 6.58. The number of hydrogen-bond donors (Lipinski definition) is 1. The van der Waals surface area contributed by atoms with Gasteiger partial charge in [-0.25, -0.2) is 0 Å². The second kappa shape index (κ2) is 8.93. The van der Waals surface area contributed by atoms with Gasteiger partial charge in [0.1, 0.15) is 0 Å². The number of hydrogen-bond acceptors (Lipinski definition) is 5. The van der Waals surface area contributed by atoms with Gasteiger partial charge in [-0.3, -0.25) is 19.3 Å². The molecule has 0 atom stereocenters. The van der Waals surface area contributed by atoms with Crippen molar-refractivity contribution in [1.82, 2.24) is 4.90 Å². The highest BCUT2D eigenvalue weighted by Crippen LogP contribution is 2.37. The number of anilines is 1. The highest BCUT2D eigenvalue weighted by atomic mass is 35.5. The second-order valence-corrected chi connectivity index (χ2v) is 8.02. The lowest BCUT2D eigenvalue weighted by molar-refractivity contribution is -0.125. The molecule has 0 spiro atoms. The monoisotopic (exact) mass is 442 g/mol. The van der Waals surface area contributed by atoms with Crippen molar-refractivity contribution in [3.05, 3.63) is 58.6 Å². The van der Waals surface area contributed by atoms with Gasteiger partial charge < -0.3 is 5.32 Å². The Hall–Kier alpha value is -2.10. The van der Waals surface area contributed by atoms with Crippen LogP contribution in [-0.4, -0.2) is 33.5 Å². The molecule has 1 N–H and O–H groups in total. The van der Waals surface area contributed by atoms with E-state index in [0.29, 0.717) is 5.56 Å². The second-order valence-electron chi connectivity index (χ2n) is 5.68. The van der Waals surface area contributed by atoms with Gasteiger partial charge in [0, 0.05) is 5.56 Å². The fourth-order valence-electron chi connectivity index (χ4n) is 2.54. The van der Waals surface area contributed by atoms with E-state index >= 15 is 0 Å².